The van der Waals surface area contributed by atoms with E-state index in [4.69, 9.17) is 21.1 Å². The average Bonchev–Trinajstić information content (AvgIpc) is 2.99. The van der Waals surface area contributed by atoms with Gasteiger partial charge >= 0.3 is 5.97 Å². The van der Waals surface area contributed by atoms with E-state index in [1.807, 2.05) is 26.0 Å². The molecule has 0 amide bonds. The molecule has 0 unspecified atom stereocenters. The normalized spacial score (nSPS) is 10.8. The smallest absolute Gasteiger partial charge is 0.340 e. The predicted molar refractivity (Wildman–Crippen MR) is 105 cm³/mol. The van der Waals surface area contributed by atoms with Crippen LogP contribution in [-0.4, -0.2) is 29.9 Å². The molecule has 0 bridgehead atoms. The van der Waals surface area contributed by atoms with Crippen molar-refractivity contribution in [2.45, 2.75) is 20.8 Å². The van der Waals surface area contributed by atoms with Crippen molar-refractivity contribution in [3.8, 4) is 16.9 Å². The van der Waals surface area contributed by atoms with Gasteiger partial charge in [-0.1, -0.05) is 17.7 Å². The Bertz CT molecular complexity index is 1020. The number of fused-ring (bicyclic) bond motifs is 1. The second-order valence-corrected chi connectivity index (χ2v) is 6.37. The lowest BCUT2D eigenvalue weighted by molar-refractivity contribution is 0.0529. The first-order valence-electron chi connectivity index (χ1n) is 8.72. The van der Waals surface area contributed by atoms with E-state index in [-0.39, 0.29) is 6.61 Å². The first-order valence-corrected chi connectivity index (χ1v) is 9.09. The van der Waals surface area contributed by atoms with Gasteiger partial charge in [-0.15, -0.1) is 0 Å². The van der Waals surface area contributed by atoms with Gasteiger partial charge in [0.15, 0.2) is 6.29 Å². The Morgan fingerprint density at radius 1 is 1.22 bits per heavy atom. The lowest BCUT2D eigenvalue weighted by Gasteiger charge is -2.14. The Morgan fingerprint density at radius 2 is 2.00 bits per heavy atom. The van der Waals surface area contributed by atoms with Crippen molar-refractivity contribution >= 4 is 29.4 Å². The second-order valence-electron chi connectivity index (χ2n) is 5.96. The summed E-state index contributed by atoms with van der Waals surface area (Å²) in [7, 11) is 0. The van der Waals surface area contributed by atoms with Crippen LogP contribution in [0.5, 0.6) is 5.75 Å². The molecule has 5 nitrogen and oxygen atoms in total. The van der Waals surface area contributed by atoms with Crippen molar-refractivity contribution < 1.29 is 19.1 Å². The topological polar surface area (TPSA) is 57.0 Å². The molecule has 3 rings (SSSR count). The zero-order valence-corrected chi connectivity index (χ0v) is 16.2. The van der Waals surface area contributed by atoms with Gasteiger partial charge in [0.05, 0.1) is 30.0 Å². The number of ether oxygens (including phenoxy) is 2. The van der Waals surface area contributed by atoms with Gasteiger partial charge in [0.1, 0.15) is 5.75 Å². The van der Waals surface area contributed by atoms with Crippen LogP contribution in [0.2, 0.25) is 5.02 Å². The molecule has 1 aromatic carbocycles. The summed E-state index contributed by atoms with van der Waals surface area (Å²) in [5, 5.41) is 0.523. The second kappa shape index (κ2) is 7.84. The summed E-state index contributed by atoms with van der Waals surface area (Å²) in [6, 6.07) is 8.92. The maximum absolute atomic E-state index is 12.8. The first kappa shape index (κ1) is 19.0. The Kier molecular flexibility index (Phi) is 5.51. The van der Waals surface area contributed by atoms with Crippen LogP contribution in [0, 0.1) is 6.92 Å². The van der Waals surface area contributed by atoms with Gasteiger partial charge < -0.3 is 13.9 Å². The molecule has 0 spiro atoms. The highest BCUT2D eigenvalue weighted by atomic mass is 35.5. The molecule has 0 aliphatic carbocycles. The number of esters is 1. The summed E-state index contributed by atoms with van der Waals surface area (Å²) in [5.41, 5.74) is 3.14. The van der Waals surface area contributed by atoms with Gasteiger partial charge in [-0.25, -0.2) is 4.79 Å². The van der Waals surface area contributed by atoms with Crippen LogP contribution < -0.4 is 4.74 Å². The summed E-state index contributed by atoms with van der Waals surface area (Å²) >= 11 is 6.36. The summed E-state index contributed by atoms with van der Waals surface area (Å²) in [6.07, 6.45) is 2.47. The number of benzene rings is 1. The Labute approximate surface area is 162 Å². The van der Waals surface area contributed by atoms with E-state index >= 15 is 0 Å². The quantitative estimate of drug-likeness (QED) is 0.444. The molecule has 0 atom stereocenters. The molecule has 0 aliphatic rings. The fourth-order valence-corrected chi connectivity index (χ4v) is 3.32. The summed E-state index contributed by atoms with van der Waals surface area (Å²) in [4.78, 5) is 24.8. The average molecular weight is 386 g/mol. The summed E-state index contributed by atoms with van der Waals surface area (Å²) in [5.74, 6) is 0.0624. The molecule has 140 valence electrons. The first-order chi connectivity index (χ1) is 13.0. The zero-order valence-electron chi connectivity index (χ0n) is 15.4. The molecule has 0 saturated heterocycles. The molecule has 0 fully saturated rings. The number of carbonyl (C=O) groups excluding carboxylic acids is 2. The van der Waals surface area contributed by atoms with Crippen LogP contribution in [0.25, 0.3) is 16.6 Å². The predicted octanol–water partition coefficient (Wildman–Crippen LogP) is 4.96. The third-order valence-corrected chi connectivity index (χ3v) is 4.71. The largest absolute Gasteiger partial charge is 0.493 e. The molecule has 27 heavy (non-hydrogen) atoms. The van der Waals surface area contributed by atoms with E-state index < -0.39 is 5.97 Å². The number of hydrogen-bond acceptors (Lipinski definition) is 4. The number of aromatic nitrogens is 1. The molecule has 3 aromatic rings. The van der Waals surface area contributed by atoms with Gasteiger partial charge in [-0.05, 0) is 50.6 Å². The van der Waals surface area contributed by atoms with Crippen LogP contribution in [0.15, 0.2) is 36.5 Å². The third-order valence-electron chi connectivity index (χ3n) is 4.30. The van der Waals surface area contributed by atoms with E-state index in [2.05, 4.69) is 0 Å². The van der Waals surface area contributed by atoms with Crippen molar-refractivity contribution in [1.29, 1.82) is 0 Å². The lowest BCUT2D eigenvalue weighted by Crippen LogP contribution is -2.06. The summed E-state index contributed by atoms with van der Waals surface area (Å²) in [6.45, 7) is 6.15. The standard InChI is InChI=1S/C21H20ClNO4/c1-4-26-18-10-13(3)15(22)11-14(18)19-17(12-24)23-9-7-6-8-16(23)20(19)21(25)27-5-2/h6-12H,4-5H2,1-3H3. The number of halogens is 1. The molecular formula is C21H20ClNO4. The number of hydrogen-bond donors (Lipinski definition) is 0. The molecule has 2 aromatic heterocycles. The number of rotatable bonds is 6. The van der Waals surface area contributed by atoms with Gasteiger partial charge in [-0.3, -0.25) is 4.79 Å². The van der Waals surface area contributed by atoms with Crippen molar-refractivity contribution in [2.75, 3.05) is 13.2 Å². The van der Waals surface area contributed by atoms with E-state index in [0.29, 0.717) is 45.3 Å². The highest BCUT2D eigenvalue weighted by molar-refractivity contribution is 6.31. The van der Waals surface area contributed by atoms with E-state index in [1.54, 1.807) is 35.7 Å². The molecule has 0 N–H and O–H groups in total. The number of nitrogens with zero attached hydrogens (tertiary/aromatic N) is 1. The fourth-order valence-electron chi connectivity index (χ4n) is 3.16. The Morgan fingerprint density at radius 3 is 2.67 bits per heavy atom. The highest BCUT2D eigenvalue weighted by Gasteiger charge is 2.27. The molecule has 0 aliphatic heterocycles. The minimum Gasteiger partial charge on any atom is -0.493 e. The SMILES string of the molecule is CCOC(=O)c1c(-c2cc(Cl)c(C)cc2OCC)c(C=O)n2ccccc12. The van der Waals surface area contributed by atoms with Crippen molar-refractivity contribution in [3.63, 3.8) is 0 Å². The zero-order chi connectivity index (χ0) is 19.6. The van der Waals surface area contributed by atoms with Gasteiger partial charge in [-0.2, -0.15) is 0 Å². The molecular weight excluding hydrogens is 366 g/mol. The van der Waals surface area contributed by atoms with Crippen LogP contribution in [-0.2, 0) is 4.74 Å². The minimum atomic E-state index is -0.497. The third kappa shape index (κ3) is 3.30. The van der Waals surface area contributed by atoms with Gasteiger partial charge in [0, 0.05) is 22.3 Å². The number of aryl methyl sites for hydroxylation is 1. The lowest BCUT2D eigenvalue weighted by atomic mass is 9.98. The maximum Gasteiger partial charge on any atom is 0.340 e. The van der Waals surface area contributed by atoms with Crippen molar-refractivity contribution in [1.82, 2.24) is 4.40 Å². The Hall–Kier alpha value is -2.79. The van der Waals surface area contributed by atoms with Gasteiger partial charge in [0.2, 0.25) is 0 Å². The van der Waals surface area contributed by atoms with Crippen LogP contribution in [0.1, 0.15) is 40.3 Å². The van der Waals surface area contributed by atoms with Gasteiger partial charge in [0.25, 0.3) is 0 Å². The van der Waals surface area contributed by atoms with E-state index in [1.165, 1.54) is 0 Å². The Balaban J connectivity index is 2.44. The van der Waals surface area contributed by atoms with E-state index in [9.17, 15) is 9.59 Å². The van der Waals surface area contributed by atoms with E-state index in [0.717, 1.165) is 11.8 Å². The monoisotopic (exact) mass is 385 g/mol. The molecule has 0 radical (unpaired) electrons. The molecule has 0 saturated carbocycles. The van der Waals surface area contributed by atoms with Crippen LogP contribution in [0.3, 0.4) is 0 Å². The number of carbonyl (C=O) groups is 2. The minimum absolute atomic E-state index is 0.228. The van der Waals surface area contributed by atoms with Crippen LogP contribution >= 0.6 is 11.6 Å². The maximum atomic E-state index is 12.8. The summed E-state index contributed by atoms with van der Waals surface area (Å²) < 4.78 is 12.7. The number of pyridine rings is 1. The molecule has 6 heteroatoms. The number of aldehydes is 1. The van der Waals surface area contributed by atoms with Crippen molar-refractivity contribution in [3.05, 3.63) is 58.4 Å². The highest BCUT2D eigenvalue weighted by Crippen LogP contribution is 2.41. The van der Waals surface area contributed by atoms with Crippen molar-refractivity contribution in [2.24, 2.45) is 0 Å². The van der Waals surface area contributed by atoms with Crippen LogP contribution in [0.4, 0.5) is 0 Å². The molecule has 2 heterocycles. The fraction of sp³-hybridized carbons (Fsp3) is 0.238.